The van der Waals surface area contributed by atoms with Gasteiger partial charge >= 0.3 is 0 Å². The number of nitrogens with one attached hydrogen (secondary N) is 2. The zero-order chi connectivity index (χ0) is 30.0. The van der Waals surface area contributed by atoms with Crippen molar-refractivity contribution in [2.75, 3.05) is 12.4 Å². The molecule has 222 valence electrons. The van der Waals surface area contributed by atoms with Gasteiger partial charge in [0, 0.05) is 35.9 Å². The fraction of sp³-hybridized carbons (Fsp3) is 0.441. The zero-order valence-corrected chi connectivity index (χ0v) is 25.7. The Labute approximate surface area is 245 Å². The van der Waals surface area contributed by atoms with Crippen molar-refractivity contribution in [2.24, 2.45) is 0 Å². The van der Waals surface area contributed by atoms with Crippen molar-refractivity contribution in [3.63, 3.8) is 0 Å². The number of carbonyl (C=O) groups is 1. The Balaban J connectivity index is 0.000000247. The Morgan fingerprint density at radius 1 is 1.00 bits per heavy atom. The summed E-state index contributed by atoms with van der Waals surface area (Å²) in [6, 6.07) is 16.2. The minimum absolute atomic E-state index is 0.0281. The van der Waals surface area contributed by atoms with Crippen LogP contribution >= 0.6 is 0 Å². The molecule has 0 aliphatic heterocycles. The van der Waals surface area contributed by atoms with Gasteiger partial charge in [0.05, 0.1) is 19.9 Å². The number of aromatic amines is 1. The summed E-state index contributed by atoms with van der Waals surface area (Å²) in [6.07, 6.45) is 13.3. The van der Waals surface area contributed by atoms with E-state index in [2.05, 4.69) is 43.1 Å². The zero-order valence-electron chi connectivity index (χ0n) is 25.7. The molecule has 7 nitrogen and oxygen atoms in total. The predicted molar refractivity (Wildman–Crippen MR) is 171 cm³/mol. The molecule has 41 heavy (non-hydrogen) atoms. The number of rotatable bonds is 12. The SMILES string of the molecule is CCCC(CC)Nc1ccc2c(=O)[nH]ccc2c1.CCCCC.COc1ccc(Cn2cc(CC(C)=O)cn2)cc1. The molecule has 0 saturated carbocycles. The molecule has 2 heterocycles. The van der Waals surface area contributed by atoms with Crippen molar-refractivity contribution < 1.29 is 9.53 Å². The van der Waals surface area contributed by atoms with E-state index in [4.69, 9.17) is 4.74 Å². The highest BCUT2D eigenvalue weighted by atomic mass is 16.5. The molecule has 0 radical (unpaired) electrons. The van der Waals surface area contributed by atoms with E-state index in [0.29, 0.717) is 19.0 Å². The third-order valence-electron chi connectivity index (χ3n) is 6.62. The lowest BCUT2D eigenvalue weighted by Gasteiger charge is -2.17. The van der Waals surface area contributed by atoms with Gasteiger partial charge in [-0.2, -0.15) is 5.10 Å². The molecule has 2 N–H and O–H groups in total. The molecule has 0 aliphatic rings. The number of nitrogens with zero attached hydrogens (tertiary/aromatic N) is 2. The van der Waals surface area contributed by atoms with E-state index in [1.54, 1.807) is 26.4 Å². The van der Waals surface area contributed by atoms with Crippen molar-refractivity contribution >= 4 is 22.2 Å². The predicted octanol–water partition coefficient (Wildman–Crippen LogP) is 7.79. The third-order valence-corrected chi connectivity index (χ3v) is 6.62. The molecule has 7 heteroatoms. The summed E-state index contributed by atoms with van der Waals surface area (Å²) < 4.78 is 6.94. The normalized spacial score (nSPS) is 11.1. The van der Waals surface area contributed by atoms with Gasteiger partial charge in [-0.1, -0.05) is 65.5 Å². The molecule has 1 atom stereocenters. The minimum Gasteiger partial charge on any atom is -0.497 e. The second-order valence-electron chi connectivity index (χ2n) is 10.3. The van der Waals surface area contributed by atoms with E-state index in [-0.39, 0.29) is 11.3 Å². The van der Waals surface area contributed by atoms with E-state index in [1.807, 2.05) is 59.4 Å². The molecule has 4 aromatic rings. The first-order chi connectivity index (χ1) is 19.8. The number of aromatic nitrogens is 3. The fourth-order valence-corrected chi connectivity index (χ4v) is 4.39. The largest absolute Gasteiger partial charge is 0.497 e. The molecule has 2 aromatic carbocycles. The number of fused-ring (bicyclic) bond motifs is 1. The van der Waals surface area contributed by atoms with Crippen LogP contribution in [-0.2, 0) is 17.8 Å². The molecule has 0 amide bonds. The Hall–Kier alpha value is -3.87. The van der Waals surface area contributed by atoms with Gasteiger partial charge in [-0.15, -0.1) is 0 Å². The Bertz CT molecular complexity index is 1360. The smallest absolute Gasteiger partial charge is 0.255 e. The molecule has 1 unspecified atom stereocenters. The summed E-state index contributed by atoms with van der Waals surface area (Å²) in [5, 5.41) is 9.49. The molecular weight excluding hydrogens is 512 g/mol. The van der Waals surface area contributed by atoms with Gasteiger partial charge in [-0.25, -0.2) is 0 Å². The van der Waals surface area contributed by atoms with Crippen LogP contribution in [0.25, 0.3) is 10.8 Å². The van der Waals surface area contributed by atoms with E-state index >= 15 is 0 Å². The number of hydrogen-bond donors (Lipinski definition) is 2. The number of methoxy groups -OCH3 is 1. The van der Waals surface area contributed by atoms with Crippen LogP contribution in [0.3, 0.4) is 0 Å². The van der Waals surface area contributed by atoms with Crippen LogP contribution in [0.5, 0.6) is 5.75 Å². The number of Topliss-reactive ketones (excluding diaryl/α,β-unsaturated/α-hetero) is 1. The Morgan fingerprint density at radius 2 is 1.73 bits per heavy atom. The van der Waals surface area contributed by atoms with Crippen LogP contribution in [-0.4, -0.2) is 33.7 Å². The Kier molecular flexibility index (Phi) is 15.0. The number of ether oxygens (including phenoxy) is 1. The number of benzene rings is 2. The van der Waals surface area contributed by atoms with E-state index < -0.39 is 0 Å². The Morgan fingerprint density at radius 3 is 2.32 bits per heavy atom. The van der Waals surface area contributed by atoms with E-state index in [1.165, 1.54) is 32.1 Å². The quantitative estimate of drug-likeness (QED) is 0.185. The lowest BCUT2D eigenvalue weighted by Crippen LogP contribution is -2.18. The standard InChI is InChI=1S/C15H20N2O.C14H16N2O2.C5H12/c1-3-5-12(4-2)17-13-6-7-14-11(10-13)8-9-16-15(14)18;1-11(17)7-13-8-15-16(10-13)9-12-3-5-14(18-2)6-4-12;1-3-5-4-2/h6-10,12,17H,3-5H2,1-2H3,(H,16,18);3-6,8,10H,7,9H2,1-2H3;3-5H2,1-2H3. The number of hydrogen-bond acceptors (Lipinski definition) is 5. The van der Waals surface area contributed by atoms with Crippen molar-refractivity contribution in [3.8, 4) is 5.75 Å². The summed E-state index contributed by atoms with van der Waals surface area (Å²) >= 11 is 0. The maximum absolute atomic E-state index is 11.6. The highest BCUT2D eigenvalue weighted by molar-refractivity contribution is 5.84. The minimum atomic E-state index is -0.0281. The monoisotopic (exact) mass is 560 g/mol. The van der Waals surface area contributed by atoms with Crippen LogP contribution < -0.4 is 15.6 Å². The number of pyridine rings is 1. The molecule has 0 fully saturated rings. The first-order valence-electron chi connectivity index (χ1n) is 14.8. The van der Waals surface area contributed by atoms with Gasteiger partial charge in [0.25, 0.3) is 5.56 Å². The summed E-state index contributed by atoms with van der Waals surface area (Å²) in [5.74, 6) is 0.996. The number of ketones is 1. The topological polar surface area (TPSA) is 89.0 Å². The van der Waals surface area contributed by atoms with Crippen LogP contribution in [0.1, 0.15) is 84.3 Å². The number of anilines is 1. The third kappa shape index (κ3) is 12.0. The molecule has 0 saturated heterocycles. The van der Waals surface area contributed by atoms with Gasteiger partial charge in [0.1, 0.15) is 11.5 Å². The van der Waals surface area contributed by atoms with Crippen molar-refractivity contribution in [2.45, 2.75) is 92.2 Å². The molecule has 0 spiro atoms. The molecule has 4 rings (SSSR count). The van der Waals surface area contributed by atoms with Crippen LogP contribution in [0.4, 0.5) is 5.69 Å². The summed E-state index contributed by atoms with van der Waals surface area (Å²) in [4.78, 5) is 25.3. The maximum atomic E-state index is 11.6. The lowest BCUT2D eigenvalue weighted by molar-refractivity contribution is -0.116. The summed E-state index contributed by atoms with van der Waals surface area (Å²) in [5.41, 5.74) is 3.16. The van der Waals surface area contributed by atoms with Crippen molar-refractivity contribution in [1.29, 1.82) is 0 Å². The van der Waals surface area contributed by atoms with Crippen LogP contribution in [0.2, 0.25) is 0 Å². The van der Waals surface area contributed by atoms with Crippen molar-refractivity contribution in [1.82, 2.24) is 14.8 Å². The van der Waals surface area contributed by atoms with Gasteiger partial charge in [0.2, 0.25) is 0 Å². The van der Waals surface area contributed by atoms with Crippen LogP contribution in [0, 0.1) is 0 Å². The lowest BCUT2D eigenvalue weighted by atomic mass is 10.1. The van der Waals surface area contributed by atoms with Gasteiger partial charge in [-0.3, -0.25) is 14.3 Å². The van der Waals surface area contributed by atoms with Crippen LogP contribution in [0.15, 0.2) is 71.9 Å². The van der Waals surface area contributed by atoms with Gasteiger partial charge < -0.3 is 15.0 Å². The first-order valence-corrected chi connectivity index (χ1v) is 14.8. The second-order valence-corrected chi connectivity index (χ2v) is 10.3. The average Bonchev–Trinajstić information content (AvgIpc) is 3.40. The highest BCUT2D eigenvalue weighted by Gasteiger charge is 2.06. The summed E-state index contributed by atoms with van der Waals surface area (Å²) in [6.45, 7) is 11.1. The molecule has 0 aliphatic carbocycles. The van der Waals surface area contributed by atoms with Crippen molar-refractivity contribution in [3.05, 3.63) is 88.6 Å². The number of carbonyl (C=O) groups excluding carboxylic acids is 1. The molecule has 2 aromatic heterocycles. The first kappa shape index (κ1) is 33.3. The van der Waals surface area contributed by atoms with E-state index in [9.17, 15) is 9.59 Å². The van der Waals surface area contributed by atoms with E-state index in [0.717, 1.165) is 39.8 Å². The molecular formula is C34H48N4O3. The summed E-state index contributed by atoms with van der Waals surface area (Å²) in [7, 11) is 1.65. The highest BCUT2D eigenvalue weighted by Crippen LogP contribution is 2.18. The maximum Gasteiger partial charge on any atom is 0.255 e. The van der Waals surface area contributed by atoms with Gasteiger partial charge in [0.15, 0.2) is 0 Å². The number of H-pyrrole nitrogens is 1. The van der Waals surface area contributed by atoms with Gasteiger partial charge in [-0.05, 0) is 72.7 Å². The number of unbranched alkanes of at least 4 members (excludes halogenated alkanes) is 2. The second kappa shape index (κ2) is 18.5. The molecule has 0 bridgehead atoms. The fourth-order valence-electron chi connectivity index (χ4n) is 4.39. The average molecular weight is 561 g/mol.